The first-order valence-electron chi connectivity index (χ1n) is 9.37. The van der Waals surface area contributed by atoms with Gasteiger partial charge in [0, 0.05) is 29.9 Å². The van der Waals surface area contributed by atoms with Gasteiger partial charge in [0.05, 0.1) is 12.7 Å². The minimum absolute atomic E-state index is 0.0473. The highest BCUT2D eigenvalue weighted by Gasteiger charge is 2.22. The molecule has 1 unspecified atom stereocenters. The fourth-order valence-corrected chi connectivity index (χ4v) is 3.39. The molecule has 0 spiro atoms. The largest absolute Gasteiger partial charge is 0.465 e. The van der Waals surface area contributed by atoms with Crippen molar-refractivity contribution in [1.29, 1.82) is 0 Å². The van der Waals surface area contributed by atoms with Gasteiger partial charge in [0.2, 0.25) is 0 Å². The quantitative estimate of drug-likeness (QED) is 0.823. The highest BCUT2D eigenvalue weighted by molar-refractivity contribution is 6.06. The Morgan fingerprint density at radius 3 is 2.50 bits per heavy atom. The van der Waals surface area contributed by atoms with E-state index in [4.69, 9.17) is 4.74 Å². The molecule has 28 heavy (non-hydrogen) atoms. The third kappa shape index (κ3) is 4.57. The molecule has 2 aromatic carbocycles. The molecule has 6 nitrogen and oxygen atoms in total. The zero-order valence-electron chi connectivity index (χ0n) is 16.1. The molecule has 2 amide bonds. The number of methoxy groups -OCH3 is 1. The second-order valence-corrected chi connectivity index (χ2v) is 7.11. The van der Waals surface area contributed by atoms with Gasteiger partial charge in [-0.3, -0.25) is 9.59 Å². The predicted octanol–water partition coefficient (Wildman–Crippen LogP) is 3.60. The molecule has 0 radical (unpaired) electrons. The highest BCUT2D eigenvalue weighted by Crippen LogP contribution is 2.19. The average Bonchev–Trinajstić information content (AvgIpc) is 2.73. The number of rotatable bonds is 4. The summed E-state index contributed by atoms with van der Waals surface area (Å²) in [6, 6.07) is 13.2. The van der Waals surface area contributed by atoms with Crippen molar-refractivity contribution >= 4 is 23.5 Å². The molecule has 2 aromatic rings. The standard InChI is InChI=1S/C22H24N2O4/c1-15-6-5-11-24(14-15)21(26)17-8-3-7-16(12-17)20(25)23-19-10-4-9-18(13-19)22(27)28-2/h3-4,7-10,12-13,15H,5-6,11,14H2,1-2H3,(H,23,25). The van der Waals surface area contributed by atoms with E-state index >= 15 is 0 Å². The van der Waals surface area contributed by atoms with Crippen LogP contribution >= 0.6 is 0 Å². The minimum Gasteiger partial charge on any atom is -0.465 e. The number of benzene rings is 2. The van der Waals surface area contributed by atoms with Crippen molar-refractivity contribution in [3.8, 4) is 0 Å². The average molecular weight is 380 g/mol. The van der Waals surface area contributed by atoms with Crippen molar-refractivity contribution in [2.75, 3.05) is 25.5 Å². The number of carbonyl (C=O) groups excluding carboxylic acids is 3. The zero-order valence-corrected chi connectivity index (χ0v) is 16.1. The van der Waals surface area contributed by atoms with Crippen LogP contribution in [0.2, 0.25) is 0 Å². The van der Waals surface area contributed by atoms with Gasteiger partial charge in [-0.25, -0.2) is 4.79 Å². The van der Waals surface area contributed by atoms with E-state index in [0.717, 1.165) is 25.9 Å². The van der Waals surface area contributed by atoms with Gasteiger partial charge in [-0.05, 0) is 55.2 Å². The van der Waals surface area contributed by atoms with Crippen LogP contribution in [-0.4, -0.2) is 42.9 Å². The number of likely N-dealkylation sites (tertiary alicyclic amines) is 1. The van der Waals surface area contributed by atoms with Crippen molar-refractivity contribution in [3.05, 3.63) is 65.2 Å². The van der Waals surface area contributed by atoms with Crippen molar-refractivity contribution in [1.82, 2.24) is 4.90 Å². The summed E-state index contributed by atoms with van der Waals surface area (Å²) >= 11 is 0. The lowest BCUT2D eigenvalue weighted by molar-refractivity contribution is 0.0600. The number of amides is 2. The Kier molecular flexibility index (Phi) is 6.09. The molecule has 1 saturated heterocycles. The number of carbonyl (C=O) groups is 3. The first-order valence-corrected chi connectivity index (χ1v) is 9.37. The third-order valence-electron chi connectivity index (χ3n) is 4.86. The molecule has 0 bridgehead atoms. The number of ether oxygens (including phenoxy) is 1. The topological polar surface area (TPSA) is 75.7 Å². The van der Waals surface area contributed by atoms with Crippen LogP contribution in [0.25, 0.3) is 0 Å². The minimum atomic E-state index is -0.473. The first kappa shape index (κ1) is 19.6. The van der Waals surface area contributed by atoms with Crippen LogP contribution in [-0.2, 0) is 4.74 Å². The van der Waals surface area contributed by atoms with Gasteiger partial charge in [0.25, 0.3) is 11.8 Å². The molecule has 1 heterocycles. The van der Waals surface area contributed by atoms with Gasteiger partial charge in [-0.15, -0.1) is 0 Å². The van der Waals surface area contributed by atoms with E-state index in [0.29, 0.717) is 28.3 Å². The Hall–Kier alpha value is -3.15. The molecule has 1 N–H and O–H groups in total. The molecule has 1 fully saturated rings. The second kappa shape index (κ2) is 8.69. The smallest absolute Gasteiger partial charge is 0.337 e. The van der Waals surface area contributed by atoms with Gasteiger partial charge in [-0.2, -0.15) is 0 Å². The SMILES string of the molecule is COC(=O)c1cccc(NC(=O)c2cccc(C(=O)N3CCCC(C)C3)c2)c1. The fraction of sp³-hybridized carbons (Fsp3) is 0.318. The maximum atomic E-state index is 12.8. The summed E-state index contributed by atoms with van der Waals surface area (Å²) in [5.41, 5.74) is 1.72. The van der Waals surface area contributed by atoms with E-state index in [-0.39, 0.29) is 11.8 Å². The molecule has 1 atom stereocenters. The van der Waals surface area contributed by atoms with Gasteiger partial charge in [0.15, 0.2) is 0 Å². The lowest BCUT2D eigenvalue weighted by Crippen LogP contribution is -2.39. The zero-order chi connectivity index (χ0) is 20.1. The monoisotopic (exact) mass is 380 g/mol. The Balaban J connectivity index is 1.74. The summed E-state index contributed by atoms with van der Waals surface area (Å²) in [6.07, 6.45) is 2.14. The first-order chi connectivity index (χ1) is 13.5. The van der Waals surface area contributed by atoms with E-state index in [1.54, 1.807) is 48.5 Å². The summed E-state index contributed by atoms with van der Waals surface area (Å²) in [4.78, 5) is 38.9. The lowest BCUT2D eigenvalue weighted by atomic mass is 9.99. The van der Waals surface area contributed by atoms with E-state index in [1.807, 2.05) is 4.90 Å². The van der Waals surface area contributed by atoms with Crippen LogP contribution in [0.4, 0.5) is 5.69 Å². The molecule has 0 saturated carbocycles. The molecule has 1 aliphatic heterocycles. The van der Waals surface area contributed by atoms with Crippen molar-refractivity contribution in [3.63, 3.8) is 0 Å². The van der Waals surface area contributed by atoms with Crippen LogP contribution in [0.3, 0.4) is 0 Å². The van der Waals surface area contributed by atoms with Crippen molar-refractivity contribution in [2.24, 2.45) is 5.92 Å². The van der Waals surface area contributed by atoms with E-state index < -0.39 is 5.97 Å². The third-order valence-corrected chi connectivity index (χ3v) is 4.86. The maximum absolute atomic E-state index is 12.8. The van der Waals surface area contributed by atoms with Gasteiger partial charge in [-0.1, -0.05) is 19.1 Å². The number of anilines is 1. The normalized spacial score (nSPS) is 16.4. The fourth-order valence-electron chi connectivity index (χ4n) is 3.39. The summed E-state index contributed by atoms with van der Waals surface area (Å²) in [6.45, 7) is 3.64. The molecule has 6 heteroatoms. The van der Waals surface area contributed by atoms with Crippen LogP contribution in [0, 0.1) is 5.92 Å². The van der Waals surface area contributed by atoms with Crippen LogP contribution in [0.5, 0.6) is 0 Å². The number of hydrogen-bond acceptors (Lipinski definition) is 4. The molecule has 146 valence electrons. The number of nitrogens with one attached hydrogen (secondary N) is 1. The van der Waals surface area contributed by atoms with Gasteiger partial charge < -0.3 is 15.0 Å². The maximum Gasteiger partial charge on any atom is 0.337 e. The van der Waals surface area contributed by atoms with E-state index in [1.165, 1.54) is 7.11 Å². The number of esters is 1. The van der Waals surface area contributed by atoms with Crippen molar-refractivity contribution in [2.45, 2.75) is 19.8 Å². The van der Waals surface area contributed by atoms with Gasteiger partial charge >= 0.3 is 5.97 Å². The van der Waals surface area contributed by atoms with Crippen molar-refractivity contribution < 1.29 is 19.1 Å². The number of nitrogens with zero attached hydrogens (tertiary/aromatic N) is 1. The van der Waals surface area contributed by atoms with Crippen LogP contribution in [0.1, 0.15) is 50.8 Å². The lowest BCUT2D eigenvalue weighted by Gasteiger charge is -2.31. The summed E-state index contributed by atoms with van der Waals surface area (Å²) in [5.74, 6) is -0.372. The number of hydrogen-bond donors (Lipinski definition) is 1. The second-order valence-electron chi connectivity index (χ2n) is 7.11. The Labute approximate surface area is 164 Å². The summed E-state index contributed by atoms with van der Waals surface area (Å²) in [7, 11) is 1.30. The van der Waals surface area contributed by atoms with Crippen LogP contribution in [0.15, 0.2) is 48.5 Å². The summed E-state index contributed by atoms with van der Waals surface area (Å²) in [5, 5.41) is 2.76. The van der Waals surface area contributed by atoms with Gasteiger partial charge in [0.1, 0.15) is 0 Å². The van der Waals surface area contributed by atoms with Crippen LogP contribution < -0.4 is 5.32 Å². The predicted molar refractivity (Wildman–Crippen MR) is 106 cm³/mol. The molecule has 3 rings (SSSR count). The molecule has 1 aliphatic rings. The van der Waals surface area contributed by atoms with E-state index in [9.17, 15) is 14.4 Å². The number of piperidine rings is 1. The molecule has 0 aromatic heterocycles. The van der Waals surface area contributed by atoms with E-state index in [2.05, 4.69) is 12.2 Å². The highest BCUT2D eigenvalue weighted by atomic mass is 16.5. The Bertz CT molecular complexity index is 894. The summed E-state index contributed by atoms with van der Waals surface area (Å²) < 4.78 is 4.69. The molecule has 0 aliphatic carbocycles. The Morgan fingerprint density at radius 2 is 1.75 bits per heavy atom. The Morgan fingerprint density at radius 1 is 1.04 bits per heavy atom. The molecular formula is C22H24N2O4. The molecular weight excluding hydrogens is 356 g/mol.